The third-order valence-corrected chi connectivity index (χ3v) is 3.25. The van der Waals surface area contributed by atoms with Gasteiger partial charge in [-0.1, -0.05) is 0 Å². The Morgan fingerprint density at radius 3 is 2.73 bits per heavy atom. The molecule has 0 spiro atoms. The number of aliphatic carboxylic acids is 1. The topological polar surface area (TPSA) is 116 Å². The first-order valence-corrected chi connectivity index (χ1v) is 5.77. The van der Waals surface area contributed by atoms with Crippen LogP contribution in [0.25, 0.3) is 0 Å². The van der Waals surface area contributed by atoms with Gasteiger partial charge in [0.05, 0.1) is 12.7 Å². The second-order valence-corrected chi connectivity index (χ2v) is 4.93. The molecule has 0 bridgehead atoms. The van der Waals surface area contributed by atoms with E-state index in [4.69, 9.17) is 15.1 Å². The fraction of sp³-hybridized carbons (Fsp3) is 0.714. The number of nitriles is 1. The summed E-state index contributed by atoms with van der Waals surface area (Å²) in [7, 11) is -3.89. The zero-order valence-corrected chi connectivity index (χ0v) is 8.58. The highest BCUT2D eigenvalue weighted by atomic mass is 32.2. The van der Waals surface area contributed by atoms with Gasteiger partial charge < -0.3 is 9.84 Å². The number of carboxylic acid groups (broad SMARTS) is 1. The van der Waals surface area contributed by atoms with Gasteiger partial charge >= 0.3 is 5.97 Å². The zero-order valence-electron chi connectivity index (χ0n) is 7.76. The summed E-state index contributed by atoms with van der Waals surface area (Å²) in [5, 5.41) is 17.2. The summed E-state index contributed by atoms with van der Waals surface area (Å²) in [6.07, 6.45) is 0.0625. The van der Waals surface area contributed by atoms with E-state index in [1.807, 2.05) is 4.72 Å². The lowest BCUT2D eigenvalue weighted by atomic mass is 10.0. The van der Waals surface area contributed by atoms with E-state index in [0.717, 1.165) is 0 Å². The minimum Gasteiger partial charge on any atom is -0.480 e. The summed E-state index contributed by atoms with van der Waals surface area (Å²) < 4.78 is 29.3. The summed E-state index contributed by atoms with van der Waals surface area (Å²) >= 11 is 0. The van der Waals surface area contributed by atoms with Crippen LogP contribution in [0, 0.1) is 11.3 Å². The van der Waals surface area contributed by atoms with Crippen molar-refractivity contribution in [1.29, 1.82) is 5.26 Å². The van der Waals surface area contributed by atoms with Crippen molar-refractivity contribution in [2.75, 3.05) is 19.0 Å². The van der Waals surface area contributed by atoms with Gasteiger partial charge in [-0.05, 0) is 0 Å². The molecule has 7 nitrogen and oxygen atoms in total. The summed E-state index contributed by atoms with van der Waals surface area (Å²) in [6.45, 7) is -0.0334. The fourth-order valence-corrected chi connectivity index (χ4v) is 2.36. The van der Waals surface area contributed by atoms with E-state index in [2.05, 4.69) is 0 Å². The molecule has 84 valence electrons. The van der Waals surface area contributed by atoms with Gasteiger partial charge in [-0.3, -0.25) is 4.79 Å². The molecule has 1 fully saturated rings. The molecular formula is C7H10N2O5S. The Morgan fingerprint density at radius 2 is 2.33 bits per heavy atom. The maximum Gasteiger partial charge on any atom is 0.327 e. The molecule has 1 aliphatic rings. The summed E-state index contributed by atoms with van der Waals surface area (Å²) in [5.74, 6) is -2.05. The Kier molecular flexibility index (Phi) is 3.28. The van der Waals surface area contributed by atoms with E-state index in [9.17, 15) is 13.2 Å². The van der Waals surface area contributed by atoms with Crippen LogP contribution in [0.1, 0.15) is 6.42 Å². The first-order chi connectivity index (χ1) is 6.92. The number of nitrogens with zero attached hydrogens (tertiary/aromatic N) is 1. The third kappa shape index (κ3) is 2.65. The number of nitrogens with one attached hydrogen (secondary N) is 1. The third-order valence-electron chi connectivity index (χ3n) is 2.04. The largest absolute Gasteiger partial charge is 0.480 e. The van der Waals surface area contributed by atoms with Crippen molar-refractivity contribution in [3.05, 3.63) is 0 Å². The van der Waals surface area contributed by atoms with Gasteiger partial charge in [-0.2, -0.15) is 9.98 Å². The fourth-order valence-electron chi connectivity index (χ4n) is 1.28. The Hall–Kier alpha value is -1.17. The smallest absolute Gasteiger partial charge is 0.327 e. The first kappa shape index (κ1) is 11.9. The van der Waals surface area contributed by atoms with Crippen molar-refractivity contribution < 1.29 is 23.1 Å². The van der Waals surface area contributed by atoms with Gasteiger partial charge in [-0.25, -0.2) is 8.42 Å². The number of ether oxygens (including phenoxy) is 1. The molecule has 0 aromatic carbocycles. The second kappa shape index (κ2) is 4.14. The lowest BCUT2D eigenvalue weighted by Gasteiger charge is -2.22. The molecule has 15 heavy (non-hydrogen) atoms. The monoisotopic (exact) mass is 234 g/mol. The molecule has 0 radical (unpaired) electrons. The maximum atomic E-state index is 11.2. The average Bonchev–Trinajstić information content (AvgIpc) is 2.52. The van der Waals surface area contributed by atoms with E-state index < -0.39 is 27.3 Å². The van der Waals surface area contributed by atoms with E-state index in [1.54, 1.807) is 0 Å². The molecule has 1 unspecified atom stereocenters. The van der Waals surface area contributed by atoms with E-state index >= 15 is 0 Å². The SMILES string of the molecule is N#CCS(=O)(=O)NC1(C(=O)O)CCOC1. The lowest BCUT2D eigenvalue weighted by Crippen LogP contribution is -2.55. The van der Waals surface area contributed by atoms with Crippen molar-refractivity contribution in [2.24, 2.45) is 0 Å². The Morgan fingerprint density at radius 1 is 1.67 bits per heavy atom. The predicted molar refractivity (Wildman–Crippen MR) is 48.3 cm³/mol. The van der Waals surface area contributed by atoms with Gasteiger partial charge in [0, 0.05) is 13.0 Å². The Labute approximate surface area is 86.7 Å². The molecule has 1 rings (SSSR count). The highest BCUT2D eigenvalue weighted by molar-refractivity contribution is 7.89. The van der Waals surface area contributed by atoms with Gasteiger partial charge in [0.2, 0.25) is 10.0 Å². The van der Waals surface area contributed by atoms with Crippen LogP contribution in [0.4, 0.5) is 0 Å². The molecule has 0 aromatic heterocycles. The number of carboxylic acids is 1. The molecule has 8 heteroatoms. The minimum atomic E-state index is -3.89. The second-order valence-electron chi connectivity index (χ2n) is 3.21. The number of hydrogen-bond donors (Lipinski definition) is 2. The summed E-state index contributed by atoms with van der Waals surface area (Å²) in [4.78, 5) is 10.9. The van der Waals surface area contributed by atoms with Crippen molar-refractivity contribution >= 4 is 16.0 Å². The van der Waals surface area contributed by atoms with Crippen LogP contribution in [0.2, 0.25) is 0 Å². The molecule has 2 N–H and O–H groups in total. The first-order valence-electron chi connectivity index (χ1n) is 4.12. The standard InChI is InChI=1S/C7H10N2O5S/c8-2-4-15(12,13)9-7(6(10)11)1-3-14-5-7/h9H,1,3-5H2,(H,10,11). The number of carbonyl (C=O) groups is 1. The van der Waals surface area contributed by atoms with Gasteiger partial charge in [0.25, 0.3) is 0 Å². The maximum absolute atomic E-state index is 11.2. The van der Waals surface area contributed by atoms with Crippen molar-refractivity contribution in [2.45, 2.75) is 12.0 Å². The highest BCUT2D eigenvalue weighted by Crippen LogP contribution is 2.20. The van der Waals surface area contributed by atoms with E-state index in [-0.39, 0.29) is 19.6 Å². The van der Waals surface area contributed by atoms with Crippen molar-refractivity contribution in [1.82, 2.24) is 4.72 Å². The van der Waals surface area contributed by atoms with Crippen LogP contribution < -0.4 is 4.72 Å². The molecular weight excluding hydrogens is 224 g/mol. The van der Waals surface area contributed by atoms with Crippen LogP contribution in [0.3, 0.4) is 0 Å². The lowest BCUT2D eigenvalue weighted by molar-refractivity contribution is -0.144. The average molecular weight is 234 g/mol. The number of sulfonamides is 1. The molecule has 0 amide bonds. The van der Waals surface area contributed by atoms with E-state index in [1.165, 1.54) is 6.07 Å². The quantitative estimate of drug-likeness (QED) is 0.622. The van der Waals surface area contributed by atoms with Gasteiger partial charge in [-0.15, -0.1) is 0 Å². The number of hydrogen-bond acceptors (Lipinski definition) is 5. The molecule has 0 aromatic rings. The Bertz CT molecular complexity index is 390. The molecule has 1 atom stereocenters. The summed E-state index contributed by atoms with van der Waals surface area (Å²) in [5.41, 5.74) is -1.62. The van der Waals surface area contributed by atoms with Crippen molar-refractivity contribution in [3.63, 3.8) is 0 Å². The minimum absolute atomic E-state index is 0.0625. The number of rotatable bonds is 4. The van der Waals surface area contributed by atoms with Crippen LogP contribution in [0.5, 0.6) is 0 Å². The van der Waals surface area contributed by atoms with Crippen LogP contribution >= 0.6 is 0 Å². The molecule has 1 heterocycles. The van der Waals surface area contributed by atoms with Crippen LogP contribution in [-0.4, -0.2) is 44.0 Å². The van der Waals surface area contributed by atoms with Crippen LogP contribution in [0.15, 0.2) is 0 Å². The highest BCUT2D eigenvalue weighted by Gasteiger charge is 2.45. The molecule has 1 saturated heterocycles. The molecule has 0 saturated carbocycles. The van der Waals surface area contributed by atoms with Gasteiger partial charge in [0.15, 0.2) is 11.3 Å². The van der Waals surface area contributed by atoms with Crippen molar-refractivity contribution in [3.8, 4) is 6.07 Å². The Balaban J connectivity index is 2.86. The zero-order chi connectivity index (χ0) is 11.5. The predicted octanol–water partition coefficient (Wildman–Crippen LogP) is -1.33. The van der Waals surface area contributed by atoms with Gasteiger partial charge in [0.1, 0.15) is 0 Å². The molecule has 1 aliphatic heterocycles. The summed E-state index contributed by atoms with van der Waals surface area (Å²) in [6, 6.07) is 1.45. The normalized spacial score (nSPS) is 26.1. The van der Waals surface area contributed by atoms with Crippen LogP contribution in [-0.2, 0) is 19.6 Å². The molecule has 0 aliphatic carbocycles. The van der Waals surface area contributed by atoms with E-state index in [0.29, 0.717) is 0 Å².